The molecule has 22 heavy (non-hydrogen) atoms. The summed E-state index contributed by atoms with van der Waals surface area (Å²) in [6.07, 6.45) is 4.63. The van der Waals surface area contributed by atoms with Crippen LogP contribution in [0, 0.1) is 5.41 Å². The SMILES string of the molecule is CC1(CN)CCN(CC(=O)Nc2ccc3c(c2)CCC3)C1.Cl. The van der Waals surface area contributed by atoms with Crippen molar-refractivity contribution in [2.45, 2.75) is 32.6 Å². The monoisotopic (exact) mass is 323 g/mol. The van der Waals surface area contributed by atoms with Gasteiger partial charge in [-0.05, 0) is 67.4 Å². The third-order valence-corrected chi connectivity index (χ3v) is 4.88. The average Bonchev–Trinajstić information content (AvgIpc) is 3.05. The van der Waals surface area contributed by atoms with Crippen molar-refractivity contribution in [1.82, 2.24) is 4.90 Å². The van der Waals surface area contributed by atoms with E-state index < -0.39 is 0 Å². The highest BCUT2D eigenvalue weighted by Crippen LogP contribution is 2.28. The molecule has 3 N–H and O–H groups in total. The summed E-state index contributed by atoms with van der Waals surface area (Å²) < 4.78 is 0. The van der Waals surface area contributed by atoms with E-state index in [1.54, 1.807) is 0 Å². The third-order valence-electron chi connectivity index (χ3n) is 4.88. The molecule has 5 heteroatoms. The van der Waals surface area contributed by atoms with Crippen molar-refractivity contribution < 1.29 is 4.79 Å². The quantitative estimate of drug-likeness (QED) is 0.893. The van der Waals surface area contributed by atoms with Crippen LogP contribution in [0.3, 0.4) is 0 Å². The van der Waals surface area contributed by atoms with Gasteiger partial charge in [-0.25, -0.2) is 0 Å². The number of amides is 1. The molecule has 0 saturated carbocycles. The van der Waals surface area contributed by atoms with Crippen molar-refractivity contribution in [3.05, 3.63) is 29.3 Å². The topological polar surface area (TPSA) is 58.4 Å². The maximum Gasteiger partial charge on any atom is 0.238 e. The minimum Gasteiger partial charge on any atom is -0.330 e. The highest BCUT2D eigenvalue weighted by atomic mass is 35.5. The second kappa shape index (κ2) is 6.99. The smallest absolute Gasteiger partial charge is 0.238 e. The van der Waals surface area contributed by atoms with E-state index in [1.807, 2.05) is 6.07 Å². The molecule has 2 aliphatic rings. The molecule has 0 radical (unpaired) electrons. The Morgan fingerprint density at radius 2 is 2.14 bits per heavy atom. The molecule has 1 aliphatic heterocycles. The Kier molecular flexibility index (Phi) is 5.48. The van der Waals surface area contributed by atoms with Gasteiger partial charge in [-0.3, -0.25) is 9.69 Å². The van der Waals surface area contributed by atoms with Crippen LogP contribution in [0.5, 0.6) is 0 Å². The molecule has 1 aliphatic carbocycles. The van der Waals surface area contributed by atoms with Gasteiger partial charge in [0.2, 0.25) is 5.91 Å². The molecule has 1 unspecified atom stereocenters. The van der Waals surface area contributed by atoms with Crippen LogP contribution in [0.1, 0.15) is 30.9 Å². The Hall–Kier alpha value is -1.10. The number of nitrogens with zero attached hydrogens (tertiary/aromatic N) is 1. The first-order valence-corrected chi connectivity index (χ1v) is 7.92. The van der Waals surface area contributed by atoms with E-state index in [-0.39, 0.29) is 23.7 Å². The van der Waals surface area contributed by atoms with Gasteiger partial charge < -0.3 is 11.1 Å². The van der Waals surface area contributed by atoms with E-state index in [0.29, 0.717) is 13.1 Å². The summed E-state index contributed by atoms with van der Waals surface area (Å²) in [6.45, 7) is 5.24. The van der Waals surface area contributed by atoms with Gasteiger partial charge in [-0.2, -0.15) is 0 Å². The van der Waals surface area contributed by atoms with Gasteiger partial charge in [0.05, 0.1) is 6.54 Å². The van der Waals surface area contributed by atoms with E-state index >= 15 is 0 Å². The molecule has 122 valence electrons. The predicted octanol–water partition coefficient (Wildman–Crippen LogP) is 2.21. The summed E-state index contributed by atoms with van der Waals surface area (Å²) >= 11 is 0. The van der Waals surface area contributed by atoms with Gasteiger partial charge in [0, 0.05) is 12.2 Å². The Labute approximate surface area is 138 Å². The highest BCUT2D eigenvalue weighted by molar-refractivity contribution is 5.92. The summed E-state index contributed by atoms with van der Waals surface area (Å²) in [7, 11) is 0. The summed E-state index contributed by atoms with van der Waals surface area (Å²) in [4.78, 5) is 14.4. The number of fused-ring (bicyclic) bond motifs is 1. The van der Waals surface area contributed by atoms with Crippen molar-refractivity contribution in [2.75, 3.05) is 31.5 Å². The number of carbonyl (C=O) groups is 1. The molecule has 0 aromatic heterocycles. The van der Waals surface area contributed by atoms with Crippen LogP contribution < -0.4 is 11.1 Å². The lowest BCUT2D eigenvalue weighted by atomic mass is 9.90. The summed E-state index contributed by atoms with van der Waals surface area (Å²) in [5.74, 6) is 0.0780. The lowest BCUT2D eigenvalue weighted by Gasteiger charge is -2.22. The van der Waals surface area contributed by atoms with E-state index in [9.17, 15) is 4.79 Å². The number of aryl methyl sites for hydroxylation is 2. The number of rotatable bonds is 4. The number of halogens is 1. The zero-order valence-electron chi connectivity index (χ0n) is 13.2. The normalized spacial score (nSPS) is 23.9. The summed E-state index contributed by atoms with van der Waals surface area (Å²) in [5, 5.41) is 3.03. The number of carbonyl (C=O) groups excluding carboxylic acids is 1. The molecule has 1 aromatic carbocycles. The number of anilines is 1. The van der Waals surface area contributed by atoms with Crippen LogP contribution >= 0.6 is 12.4 Å². The lowest BCUT2D eigenvalue weighted by molar-refractivity contribution is -0.117. The molecular formula is C17H26ClN3O. The fourth-order valence-electron chi connectivity index (χ4n) is 3.48. The van der Waals surface area contributed by atoms with Crippen LogP contribution in [0.4, 0.5) is 5.69 Å². The second-order valence-corrected chi connectivity index (χ2v) is 6.86. The van der Waals surface area contributed by atoms with Gasteiger partial charge in [0.25, 0.3) is 0 Å². The molecule has 1 heterocycles. The van der Waals surface area contributed by atoms with Gasteiger partial charge in [-0.15, -0.1) is 12.4 Å². The average molecular weight is 324 g/mol. The van der Waals surface area contributed by atoms with Gasteiger partial charge in [0.15, 0.2) is 0 Å². The van der Waals surface area contributed by atoms with E-state index in [2.05, 4.69) is 29.3 Å². The number of hydrogen-bond donors (Lipinski definition) is 2. The first-order chi connectivity index (χ1) is 10.1. The Morgan fingerprint density at radius 3 is 2.86 bits per heavy atom. The van der Waals surface area contributed by atoms with Crippen molar-refractivity contribution in [1.29, 1.82) is 0 Å². The van der Waals surface area contributed by atoms with Gasteiger partial charge in [-0.1, -0.05) is 13.0 Å². The van der Waals surface area contributed by atoms with Gasteiger partial charge in [0.1, 0.15) is 0 Å². The largest absolute Gasteiger partial charge is 0.330 e. The fraction of sp³-hybridized carbons (Fsp3) is 0.588. The molecular weight excluding hydrogens is 298 g/mol. The van der Waals surface area contributed by atoms with Gasteiger partial charge >= 0.3 is 0 Å². The van der Waals surface area contributed by atoms with Crippen molar-refractivity contribution in [3.8, 4) is 0 Å². The molecule has 1 fully saturated rings. The Balaban J connectivity index is 0.00000176. The maximum absolute atomic E-state index is 12.2. The minimum absolute atomic E-state index is 0. The van der Waals surface area contributed by atoms with Crippen molar-refractivity contribution >= 4 is 24.0 Å². The molecule has 1 saturated heterocycles. The standard InChI is InChI=1S/C17H25N3O.ClH/c1-17(11-18)7-8-20(12-17)10-16(21)19-15-6-5-13-3-2-4-14(13)9-15;/h5-6,9H,2-4,7-8,10-12,18H2,1H3,(H,19,21);1H. The molecule has 1 atom stereocenters. The molecule has 0 spiro atoms. The summed E-state index contributed by atoms with van der Waals surface area (Å²) in [6, 6.07) is 6.31. The zero-order valence-corrected chi connectivity index (χ0v) is 14.0. The van der Waals surface area contributed by atoms with Crippen molar-refractivity contribution in [3.63, 3.8) is 0 Å². The Morgan fingerprint density at radius 1 is 1.36 bits per heavy atom. The molecule has 4 nitrogen and oxygen atoms in total. The molecule has 1 amide bonds. The van der Waals surface area contributed by atoms with Crippen LogP contribution in [-0.2, 0) is 17.6 Å². The van der Waals surface area contributed by atoms with E-state index in [0.717, 1.165) is 31.6 Å². The first-order valence-electron chi connectivity index (χ1n) is 7.92. The van der Waals surface area contributed by atoms with E-state index in [4.69, 9.17) is 5.73 Å². The second-order valence-electron chi connectivity index (χ2n) is 6.86. The predicted molar refractivity (Wildman–Crippen MR) is 92.6 cm³/mol. The number of hydrogen-bond acceptors (Lipinski definition) is 3. The molecule has 0 bridgehead atoms. The van der Waals surface area contributed by atoms with Crippen LogP contribution in [0.25, 0.3) is 0 Å². The fourth-order valence-corrected chi connectivity index (χ4v) is 3.48. The third kappa shape index (κ3) is 3.80. The van der Waals surface area contributed by atoms with Crippen LogP contribution in [-0.4, -0.2) is 37.0 Å². The van der Waals surface area contributed by atoms with Crippen LogP contribution in [0.2, 0.25) is 0 Å². The summed E-state index contributed by atoms with van der Waals surface area (Å²) in [5.41, 5.74) is 9.75. The zero-order chi connectivity index (χ0) is 14.9. The Bertz CT molecular complexity index is 549. The number of nitrogens with two attached hydrogens (primary N) is 1. The number of nitrogens with one attached hydrogen (secondary N) is 1. The molecule has 3 rings (SSSR count). The highest BCUT2D eigenvalue weighted by Gasteiger charge is 2.33. The molecule has 1 aromatic rings. The minimum atomic E-state index is 0. The van der Waals surface area contributed by atoms with E-state index in [1.165, 1.54) is 24.0 Å². The first kappa shape index (κ1) is 17.3. The number of likely N-dealkylation sites (tertiary alicyclic amines) is 1. The number of benzene rings is 1. The lowest BCUT2D eigenvalue weighted by Crippen LogP contribution is -2.35. The van der Waals surface area contributed by atoms with Crippen molar-refractivity contribution in [2.24, 2.45) is 11.1 Å². The maximum atomic E-state index is 12.2. The van der Waals surface area contributed by atoms with Crippen LogP contribution in [0.15, 0.2) is 18.2 Å².